The van der Waals surface area contributed by atoms with Gasteiger partial charge in [-0.25, -0.2) is 0 Å². The van der Waals surface area contributed by atoms with Crippen molar-refractivity contribution in [3.05, 3.63) is 35.9 Å². The lowest BCUT2D eigenvalue weighted by atomic mass is 10.1. The first-order valence-electron chi connectivity index (χ1n) is 8.02. The molecule has 4 heteroatoms. The number of nitrogens with one attached hydrogen (secondary N) is 2. The summed E-state index contributed by atoms with van der Waals surface area (Å²) in [4.78, 5) is 13.3. The minimum absolute atomic E-state index is 0.146. The van der Waals surface area contributed by atoms with Gasteiger partial charge in [0.15, 0.2) is 6.54 Å². The van der Waals surface area contributed by atoms with Gasteiger partial charge in [-0.3, -0.25) is 4.79 Å². The highest BCUT2D eigenvalue weighted by Crippen LogP contribution is 2.04. The van der Waals surface area contributed by atoms with Crippen LogP contribution >= 0.6 is 0 Å². The Balaban J connectivity index is 2.07. The molecule has 0 aromatic heterocycles. The Morgan fingerprint density at radius 2 is 2.00 bits per heavy atom. The molecule has 0 aliphatic rings. The molecule has 1 atom stereocenters. The van der Waals surface area contributed by atoms with Gasteiger partial charge in [0.25, 0.3) is 5.91 Å². The number of hydrogen-bond donors (Lipinski definition) is 3. The Bertz CT molecular complexity index is 392. The Labute approximate surface area is 128 Å². The maximum Gasteiger partial charge on any atom is 0.275 e. The number of nitrogens with two attached hydrogens (primary N) is 1. The molecule has 0 unspecified atom stereocenters. The van der Waals surface area contributed by atoms with Crippen molar-refractivity contribution in [1.29, 1.82) is 0 Å². The predicted octanol–water partition coefficient (Wildman–Crippen LogP) is -0.778. The van der Waals surface area contributed by atoms with Crippen molar-refractivity contribution in [2.75, 3.05) is 33.7 Å². The van der Waals surface area contributed by atoms with E-state index in [0.717, 1.165) is 32.4 Å². The normalized spacial score (nSPS) is 12.4. The quantitative estimate of drug-likeness (QED) is 0.487. The van der Waals surface area contributed by atoms with Crippen molar-refractivity contribution in [1.82, 2.24) is 5.32 Å². The monoisotopic (exact) mass is 293 g/mol. The zero-order valence-corrected chi connectivity index (χ0v) is 13.7. The van der Waals surface area contributed by atoms with E-state index in [1.807, 2.05) is 6.07 Å². The topological polar surface area (TPSA) is 50.1 Å². The number of carbonyl (C=O) groups is 1. The number of carbonyl (C=O) groups excluding carboxylic acids is 1. The average Bonchev–Trinajstić information content (AvgIpc) is 2.45. The van der Waals surface area contributed by atoms with E-state index in [1.165, 1.54) is 10.5 Å². The van der Waals surface area contributed by atoms with Crippen molar-refractivity contribution < 1.29 is 15.0 Å². The smallest absolute Gasteiger partial charge is 0.275 e. The van der Waals surface area contributed by atoms with Crippen molar-refractivity contribution >= 4 is 5.91 Å². The van der Waals surface area contributed by atoms with Gasteiger partial charge < -0.3 is 15.5 Å². The molecule has 0 radical (unpaired) electrons. The lowest BCUT2D eigenvalue weighted by Crippen LogP contribution is -3.06. The first-order valence-corrected chi connectivity index (χ1v) is 8.02. The number of benzene rings is 1. The second-order valence-electron chi connectivity index (χ2n) is 6.08. The highest BCUT2D eigenvalue weighted by atomic mass is 16.1. The summed E-state index contributed by atoms with van der Waals surface area (Å²) in [6.07, 6.45) is 3.15. The van der Waals surface area contributed by atoms with Crippen LogP contribution in [0.5, 0.6) is 0 Å². The minimum Gasteiger partial charge on any atom is -0.349 e. The lowest BCUT2D eigenvalue weighted by molar-refractivity contribution is -0.860. The van der Waals surface area contributed by atoms with Crippen LogP contribution in [0.4, 0.5) is 0 Å². The molecule has 0 fully saturated rings. The Morgan fingerprint density at radius 1 is 1.29 bits per heavy atom. The van der Waals surface area contributed by atoms with Crippen LogP contribution in [-0.4, -0.2) is 45.7 Å². The summed E-state index contributed by atoms with van der Waals surface area (Å²) in [6, 6.07) is 10.6. The van der Waals surface area contributed by atoms with E-state index in [0.29, 0.717) is 6.54 Å². The van der Waals surface area contributed by atoms with Gasteiger partial charge in [-0.1, -0.05) is 30.3 Å². The molecular formula is C17H31N3O+2. The Hall–Kier alpha value is -1.39. The fraction of sp³-hybridized carbons (Fsp3) is 0.588. The second-order valence-corrected chi connectivity index (χ2v) is 6.08. The van der Waals surface area contributed by atoms with Gasteiger partial charge in [0.1, 0.15) is 0 Å². The second kappa shape index (κ2) is 10.4. The van der Waals surface area contributed by atoms with Crippen LogP contribution in [0.15, 0.2) is 30.3 Å². The third-order valence-electron chi connectivity index (χ3n) is 3.53. The number of rotatable bonds is 10. The molecule has 0 saturated carbocycles. The van der Waals surface area contributed by atoms with Crippen LogP contribution in [0.2, 0.25) is 0 Å². The van der Waals surface area contributed by atoms with E-state index < -0.39 is 0 Å². The molecule has 1 amide bonds. The number of aryl methyl sites for hydroxylation is 1. The summed E-state index contributed by atoms with van der Waals surface area (Å²) in [5, 5.41) is 5.17. The van der Waals surface area contributed by atoms with Crippen molar-refractivity contribution in [3.8, 4) is 0 Å². The summed E-state index contributed by atoms with van der Waals surface area (Å²) < 4.78 is 0. The van der Waals surface area contributed by atoms with E-state index in [1.54, 1.807) is 0 Å². The van der Waals surface area contributed by atoms with E-state index in [2.05, 4.69) is 55.9 Å². The maximum atomic E-state index is 11.8. The molecule has 0 saturated heterocycles. The number of amides is 1. The first-order chi connectivity index (χ1) is 10.1. The van der Waals surface area contributed by atoms with Crippen molar-refractivity contribution in [2.24, 2.45) is 0 Å². The Kier molecular flexibility index (Phi) is 8.71. The molecule has 1 rings (SSSR count). The molecular weight excluding hydrogens is 262 g/mol. The SMILES string of the molecule is C[C@H](CCc1ccccc1)NC(=O)C[NH2+]CCC[NH+](C)C. The van der Waals surface area contributed by atoms with Crippen LogP contribution in [0.1, 0.15) is 25.3 Å². The molecule has 1 aromatic rings. The van der Waals surface area contributed by atoms with E-state index >= 15 is 0 Å². The van der Waals surface area contributed by atoms with E-state index in [9.17, 15) is 4.79 Å². The molecule has 0 bridgehead atoms. The van der Waals surface area contributed by atoms with Gasteiger partial charge in [0.05, 0.1) is 27.2 Å². The summed E-state index contributed by atoms with van der Waals surface area (Å²) >= 11 is 0. The maximum absolute atomic E-state index is 11.8. The van der Waals surface area contributed by atoms with E-state index in [-0.39, 0.29) is 11.9 Å². The minimum atomic E-state index is 0.146. The summed E-state index contributed by atoms with van der Waals surface area (Å²) in [5.74, 6) is 0.146. The molecule has 21 heavy (non-hydrogen) atoms. The zero-order chi connectivity index (χ0) is 15.5. The fourth-order valence-corrected chi connectivity index (χ4v) is 2.27. The van der Waals surface area contributed by atoms with Crippen molar-refractivity contribution in [3.63, 3.8) is 0 Å². The molecule has 0 spiro atoms. The highest BCUT2D eigenvalue weighted by molar-refractivity contribution is 5.76. The average molecular weight is 293 g/mol. The summed E-state index contributed by atoms with van der Waals surface area (Å²) in [7, 11) is 4.31. The number of quaternary nitrogens is 2. The summed E-state index contributed by atoms with van der Waals surface area (Å²) in [5.41, 5.74) is 1.33. The summed E-state index contributed by atoms with van der Waals surface area (Å²) in [6.45, 7) is 4.80. The molecule has 118 valence electrons. The predicted molar refractivity (Wildman–Crippen MR) is 86.3 cm³/mol. The first kappa shape index (κ1) is 17.7. The largest absolute Gasteiger partial charge is 0.349 e. The third-order valence-corrected chi connectivity index (χ3v) is 3.53. The van der Waals surface area contributed by atoms with Crippen LogP contribution in [-0.2, 0) is 11.2 Å². The van der Waals surface area contributed by atoms with Crippen LogP contribution in [0.3, 0.4) is 0 Å². The van der Waals surface area contributed by atoms with Crippen molar-refractivity contribution in [2.45, 2.75) is 32.2 Å². The Morgan fingerprint density at radius 3 is 2.67 bits per heavy atom. The molecule has 1 aromatic carbocycles. The molecule has 4 nitrogen and oxygen atoms in total. The van der Waals surface area contributed by atoms with Gasteiger partial charge in [-0.15, -0.1) is 0 Å². The van der Waals surface area contributed by atoms with Crippen LogP contribution < -0.4 is 15.5 Å². The van der Waals surface area contributed by atoms with Gasteiger partial charge >= 0.3 is 0 Å². The fourth-order valence-electron chi connectivity index (χ4n) is 2.27. The number of hydrogen-bond acceptors (Lipinski definition) is 1. The lowest BCUT2D eigenvalue weighted by Gasteiger charge is -2.13. The molecule has 0 heterocycles. The van der Waals surface area contributed by atoms with Gasteiger partial charge in [0, 0.05) is 12.5 Å². The van der Waals surface area contributed by atoms with E-state index in [4.69, 9.17) is 0 Å². The highest BCUT2D eigenvalue weighted by Gasteiger charge is 2.09. The van der Waals surface area contributed by atoms with Crippen LogP contribution in [0, 0.1) is 0 Å². The zero-order valence-electron chi connectivity index (χ0n) is 13.7. The molecule has 0 aliphatic heterocycles. The van der Waals surface area contributed by atoms with Crippen LogP contribution in [0.25, 0.3) is 0 Å². The molecule has 4 N–H and O–H groups in total. The van der Waals surface area contributed by atoms with Gasteiger partial charge in [-0.05, 0) is 25.3 Å². The molecule has 0 aliphatic carbocycles. The third kappa shape index (κ3) is 9.21. The van der Waals surface area contributed by atoms with Gasteiger partial charge in [-0.2, -0.15) is 0 Å². The standard InChI is InChI=1S/C17H29N3O/c1-15(10-11-16-8-5-4-6-9-16)19-17(21)14-18-12-7-13-20(2)3/h4-6,8-9,15,18H,7,10-14H2,1-3H3,(H,19,21)/p+2/t15-/m1/s1. The van der Waals surface area contributed by atoms with Gasteiger partial charge in [0.2, 0.25) is 0 Å².